The number of carbonyl (C=O) groups is 1. The Balaban J connectivity index is 1.78. The third-order valence-electron chi connectivity index (χ3n) is 4.40. The number of benzene rings is 2. The van der Waals surface area contributed by atoms with Gasteiger partial charge in [0.2, 0.25) is 0 Å². The van der Waals surface area contributed by atoms with E-state index in [9.17, 15) is 13.2 Å². The molecule has 0 fully saturated rings. The zero-order valence-electron chi connectivity index (χ0n) is 14.4. The van der Waals surface area contributed by atoms with Crippen molar-refractivity contribution < 1.29 is 17.9 Å². The summed E-state index contributed by atoms with van der Waals surface area (Å²) < 4.78 is 32.9. The molecule has 0 spiro atoms. The summed E-state index contributed by atoms with van der Waals surface area (Å²) in [6.45, 7) is 5.65. The summed E-state index contributed by atoms with van der Waals surface area (Å²) >= 11 is 0. The monoisotopic (exact) mass is 359 g/mol. The zero-order chi connectivity index (χ0) is 18.2. The Hall–Kier alpha value is -2.34. The Labute approximate surface area is 148 Å². The number of rotatable bonds is 4. The van der Waals surface area contributed by atoms with Crippen molar-refractivity contribution in [1.29, 1.82) is 0 Å². The molecule has 0 aromatic heterocycles. The van der Waals surface area contributed by atoms with Gasteiger partial charge in [-0.2, -0.15) is 0 Å². The molecule has 0 aliphatic carbocycles. The van der Waals surface area contributed by atoms with Crippen LogP contribution in [0.4, 0.5) is 0 Å². The molecule has 1 N–H and O–H groups in total. The minimum absolute atomic E-state index is 0.0596. The molecular weight excluding hydrogens is 338 g/mol. The van der Waals surface area contributed by atoms with Crippen LogP contribution in [0.1, 0.15) is 37.8 Å². The first-order valence-corrected chi connectivity index (χ1v) is 9.64. The van der Waals surface area contributed by atoms with Crippen molar-refractivity contribution in [3.05, 3.63) is 59.7 Å². The number of carbonyl (C=O) groups excluding carboxylic acids is 1. The molecule has 132 valence electrons. The van der Waals surface area contributed by atoms with Crippen LogP contribution in [0.2, 0.25) is 0 Å². The van der Waals surface area contributed by atoms with E-state index in [1.54, 1.807) is 25.1 Å². The van der Waals surface area contributed by atoms with Gasteiger partial charge in [-0.3, -0.25) is 4.79 Å². The number of para-hydroxylation sites is 1. The summed E-state index contributed by atoms with van der Waals surface area (Å²) in [5, 5.41) is 0. The van der Waals surface area contributed by atoms with Gasteiger partial charge in [-0.25, -0.2) is 13.1 Å². The van der Waals surface area contributed by atoms with Gasteiger partial charge >= 0.3 is 0 Å². The van der Waals surface area contributed by atoms with Crippen LogP contribution in [0.15, 0.2) is 53.4 Å². The normalized spacial score (nSPS) is 19.4. The van der Waals surface area contributed by atoms with E-state index in [4.69, 9.17) is 4.74 Å². The van der Waals surface area contributed by atoms with Crippen molar-refractivity contribution in [1.82, 2.24) is 4.72 Å². The average Bonchev–Trinajstić information content (AvgIpc) is 2.92. The number of amides is 1. The van der Waals surface area contributed by atoms with Crippen LogP contribution < -0.4 is 9.46 Å². The fraction of sp³-hybridized carbons (Fsp3) is 0.316. The first kappa shape index (κ1) is 17.5. The lowest BCUT2D eigenvalue weighted by Crippen LogP contribution is -2.49. The van der Waals surface area contributed by atoms with Crippen molar-refractivity contribution in [2.24, 2.45) is 0 Å². The standard InChI is InChI=1S/C19H21NO4S/c1-13(2)14-8-10-16(11-9-14)25(22,23)20-18(21)19(3)12-15-6-4-5-7-17(15)24-19/h4-11,13H,12H2,1-3H3,(H,20,21)/t19-/m0/s1. The molecule has 1 atom stereocenters. The van der Waals surface area contributed by atoms with Crippen molar-refractivity contribution in [3.63, 3.8) is 0 Å². The maximum absolute atomic E-state index is 12.6. The van der Waals surface area contributed by atoms with Gasteiger partial charge in [-0.1, -0.05) is 44.2 Å². The SMILES string of the molecule is CC(C)c1ccc(S(=O)(=O)NC(=O)[C@]2(C)Cc3ccccc3O2)cc1. The van der Waals surface area contributed by atoms with Gasteiger partial charge in [0.05, 0.1) is 4.90 Å². The maximum atomic E-state index is 12.6. The number of sulfonamides is 1. The highest BCUT2D eigenvalue weighted by molar-refractivity contribution is 7.90. The molecule has 5 nitrogen and oxygen atoms in total. The van der Waals surface area contributed by atoms with Gasteiger partial charge in [-0.05, 0) is 42.2 Å². The summed E-state index contributed by atoms with van der Waals surface area (Å²) in [4.78, 5) is 12.6. The van der Waals surface area contributed by atoms with E-state index in [2.05, 4.69) is 4.72 Å². The van der Waals surface area contributed by atoms with E-state index in [-0.39, 0.29) is 4.90 Å². The highest BCUT2D eigenvalue weighted by atomic mass is 32.2. The molecule has 1 amide bonds. The molecule has 2 aromatic carbocycles. The van der Waals surface area contributed by atoms with E-state index in [1.165, 1.54) is 12.1 Å². The number of fused-ring (bicyclic) bond motifs is 1. The van der Waals surface area contributed by atoms with Crippen molar-refractivity contribution in [2.45, 2.75) is 43.6 Å². The molecule has 0 radical (unpaired) electrons. The Morgan fingerprint density at radius 3 is 2.36 bits per heavy atom. The van der Waals surface area contributed by atoms with Gasteiger partial charge in [0.15, 0.2) is 5.60 Å². The van der Waals surface area contributed by atoms with Crippen LogP contribution in [0.3, 0.4) is 0 Å². The van der Waals surface area contributed by atoms with E-state index in [1.807, 2.05) is 32.0 Å². The molecule has 0 saturated heterocycles. The molecule has 1 aliphatic heterocycles. The molecule has 0 saturated carbocycles. The van der Waals surface area contributed by atoms with Crippen molar-refractivity contribution in [2.75, 3.05) is 0 Å². The van der Waals surface area contributed by atoms with Gasteiger partial charge in [0, 0.05) is 6.42 Å². The molecule has 25 heavy (non-hydrogen) atoms. The summed E-state index contributed by atoms with van der Waals surface area (Å²) in [5.41, 5.74) is 0.680. The Bertz CT molecular complexity index is 876. The summed E-state index contributed by atoms with van der Waals surface area (Å²) in [5.74, 6) is 0.242. The second-order valence-electron chi connectivity index (χ2n) is 6.78. The Kier molecular flexibility index (Phi) is 4.33. The first-order valence-electron chi connectivity index (χ1n) is 8.15. The summed E-state index contributed by atoms with van der Waals surface area (Å²) in [6, 6.07) is 13.9. The third kappa shape index (κ3) is 3.39. The lowest BCUT2D eigenvalue weighted by atomic mass is 9.99. The number of hydrogen-bond donors (Lipinski definition) is 1. The first-order chi connectivity index (χ1) is 11.7. The highest BCUT2D eigenvalue weighted by Crippen LogP contribution is 2.35. The minimum atomic E-state index is -3.94. The van der Waals surface area contributed by atoms with Crippen LogP contribution in [-0.2, 0) is 21.2 Å². The molecule has 3 rings (SSSR count). The molecular formula is C19H21NO4S. The Morgan fingerprint density at radius 1 is 1.12 bits per heavy atom. The number of hydrogen-bond acceptors (Lipinski definition) is 4. The third-order valence-corrected chi connectivity index (χ3v) is 5.75. The number of ether oxygens (including phenoxy) is 1. The zero-order valence-corrected chi connectivity index (χ0v) is 15.3. The van der Waals surface area contributed by atoms with Crippen molar-refractivity contribution in [3.8, 4) is 5.75 Å². The number of nitrogens with one attached hydrogen (secondary N) is 1. The maximum Gasteiger partial charge on any atom is 0.277 e. The smallest absolute Gasteiger partial charge is 0.277 e. The molecule has 1 aliphatic rings. The molecule has 1 heterocycles. The molecule has 2 aromatic rings. The fourth-order valence-corrected chi connectivity index (χ4v) is 3.91. The molecule has 6 heteroatoms. The van der Waals surface area contributed by atoms with Crippen LogP contribution in [0, 0.1) is 0 Å². The fourth-order valence-electron chi connectivity index (χ4n) is 2.84. The van der Waals surface area contributed by atoms with Crippen LogP contribution >= 0.6 is 0 Å². The average molecular weight is 359 g/mol. The van der Waals surface area contributed by atoms with Gasteiger partial charge < -0.3 is 4.74 Å². The second-order valence-corrected chi connectivity index (χ2v) is 8.46. The topological polar surface area (TPSA) is 72.5 Å². The predicted molar refractivity (Wildman–Crippen MR) is 95.0 cm³/mol. The van der Waals surface area contributed by atoms with Crippen LogP contribution in [-0.4, -0.2) is 19.9 Å². The lowest BCUT2D eigenvalue weighted by molar-refractivity contribution is -0.132. The lowest BCUT2D eigenvalue weighted by Gasteiger charge is -2.22. The van der Waals surface area contributed by atoms with E-state index >= 15 is 0 Å². The minimum Gasteiger partial charge on any atom is -0.477 e. The second kappa shape index (κ2) is 6.19. The van der Waals surface area contributed by atoms with E-state index in [0.717, 1.165) is 11.1 Å². The van der Waals surface area contributed by atoms with Crippen molar-refractivity contribution >= 4 is 15.9 Å². The van der Waals surface area contributed by atoms with E-state index < -0.39 is 21.5 Å². The van der Waals surface area contributed by atoms with Gasteiger partial charge in [-0.15, -0.1) is 0 Å². The van der Waals surface area contributed by atoms with Crippen LogP contribution in [0.5, 0.6) is 5.75 Å². The van der Waals surface area contributed by atoms with Gasteiger partial charge in [0.25, 0.3) is 15.9 Å². The largest absolute Gasteiger partial charge is 0.477 e. The quantitative estimate of drug-likeness (QED) is 0.911. The summed E-state index contributed by atoms with van der Waals surface area (Å²) in [6.07, 6.45) is 0.330. The predicted octanol–water partition coefficient (Wildman–Crippen LogP) is 3.01. The molecule has 0 bridgehead atoms. The highest BCUT2D eigenvalue weighted by Gasteiger charge is 2.43. The van der Waals surface area contributed by atoms with E-state index in [0.29, 0.717) is 18.1 Å². The van der Waals surface area contributed by atoms with Crippen LogP contribution in [0.25, 0.3) is 0 Å². The molecule has 0 unspecified atom stereocenters. The van der Waals surface area contributed by atoms with Gasteiger partial charge in [0.1, 0.15) is 5.75 Å². The summed E-state index contributed by atoms with van der Waals surface area (Å²) in [7, 11) is -3.94. The Morgan fingerprint density at radius 2 is 1.76 bits per heavy atom.